The van der Waals surface area contributed by atoms with Crippen molar-refractivity contribution >= 4 is 57.7 Å². The van der Waals surface area contributed by atoms with Crippen molar-refractivity contribution in [2.45, 2.75) is 208 Å². The smallest absolute Gasteiger partial charge is 0.245 e. The third kappa shape index (κ3) is 6.99. The predicted octanol–water partition coefficient (Wildman–Crippen LogP) is 18.7. The van der Waals surface area contributed by atoms with E-state index < -0.39 is 0 Å². The average Bonchev–Trinajstić information content (AvgIpc) is 3.79. The van der Waals surface area contributed by atoms with Gasteiger partial charge in [0, 0.05) is 72.9 Å². The molecule has 0 spiro atoms. The molecule has 76 heavy (non-hydrogen) atoms. The van der Waals surface area contributed by atoms with Gasteiger partial charge in [-0.2, -0.15) is 0 Å². The lowest BCUT2D eigenvalue weighted by Gasteiger charge is -2.51. The highest BCUT2D eigenvalue weighted by Gasteiger charge is 2.61. The minimum atomic E-state index is -0.292. The fraction of sp³-hybridized carbons (Fsp3) is 0.444. The third-order valence-electron chi connectivity index (χ3n) is 20.2. The van der Waals surface area contributed by atoms with Crippen LogP contribution in [0.25, 0.3) is 11.4 Å². The van der Waals surface area contributed by atoms with E-state index in [1.165, 1.54) is 142 Å². The Balaban J connectivity index is 1.27. The molecule has 6 aromatic rings. The minimum Gasteiger partial charge on any atom is -0.334 e. The van der Waals surface area contributed by atoms with Crippen LogP contribution in [0.15, 0.2) is 120 Å². The summed E-state index contributed by atoms with van der Waals surface area (Å²) < 4.78 is 0. The molecule has 3 heterocycles. The van der Waals surface area contributed by atoms with E-state index in [4.69, 9.17) is 0 Å². The van der Waals surface area contributed by atoms with Crippen LogP contribution >= 0.6 is 0 Å². The van der Waals surface area contributed by atoms with E-state index >= 15 is 0 Å². The Morgan fingerprint density at radius 1 is 0.434 bits per heavy atom. The van der Waals surface area contributed by atoms with Gasteiger partial charge in [-0.15, -0.1) is 0 Å². The second-order valence-electron chi connectivity index (χ2n) is 30.0. The molecule has 1 saturated carbocycles. The lowest BCUT2D eigenvalue weighted by atomic mass is 9.27. The van der Waals surface area contributed by atoms with Crippen molar-refractivity contribution in [1.82, 2.24) is 0 Å². The summed E-state index contributed by atoms with van der Waals surface area (Å²) in [6.07, 6.45) is 4.81. The number of hydrogen-bond acceptors (Lipinski definition) is 3. The van der Waals surface area contributed by atoms with Crippen LogP contribution in [0.4, 0.5) is 34.1 Å². The Morgan fingerprint density at radius 3 is 1.26 bits per heavy atom. The van der Waals surface area contributed by atoms with Crippen LogP contribution in [-0.2, 0) is 37.9 Å². The number of aryl methyl sites for hydroxylation is 2. The van der Waals surface area contributed by atoms with E-state index in [2.05, 4.69) is 262 Å². The number of fused-ring (bicyclic) bond motifs is 9. The van der Waals surface area contributed by atoms with Crippen LogP contribution in [0, 0.1) is 13.8 Å². The summed E-state index contributed by atoms with van der Waals surface area (Å²) in [4.78, 5) is 8.41. The Kier molecular flexibility index (Phi) is 10.7. The summed E-state index contributed by atoms with van der Waals surface area (Å²) in [5.74, 6) is 0. The van der Waals surface area contributed by atoms with Crippen molar-refractivity contribution < 1.29 is 0 Å². The molecular weight excluding hydrogens is 918 g/mol. The first-order chi connectivity index (χ1) is 35.3. The van der Waals surface area contributed by atoms with Gasteiger partial charge < -0.3 is 14.7 Å². The highest BCUT2D eigenvalue weighted by atomic mass is 15.3. The predicted molar refractivity (Wildman–Crippen MR) is 329 cm³/mol. The van der Waals surface area contributed by atoms with Gasteiger partial charge in [0.15, 0.2) is 0 Å². The van der Waals surface area contributed by atoms with Gasteiger partial charge in [0.25, 0.3) is 0 Å². The van der Waals surface area contributed by atoms with Crippen molar-refractivity contribution in [3.63, 3.8) is 0 Å². The van der Waals surface area contributed by atoms with Gasteiger partial charge in [0.2, 0.25) is 6.71 Å². The molecule has 0 N–H and O–H groups in total. The Hall–Kier alpha value is -5.74. The molecule has 2 atom stereocenters. The topological polar surface area (TPSA) is 9.72 Å². The quantitative estimate of drug-likeness (QED) is 0.164. The maximum Gasteiger partial charge on any atom is 0.245 e. The number of hydrogen-bond donors (Lipinski definition) is 0. The SMILES string of the molecule is Cc1cc(C)c2c(c1)C1(C)CCCCC1(C)N2c1cc2c3c(c1)N(c1ccc(C(C)(C)C)cc1)C1=C(B3C3=C(c4cc(C(C)(C)C)ccc4C3(C)C)N2c2ccc(C(C)(C)C)cc2)C(C)(C)c2ccc(C(C)(C)C)cc21. The van der Waals surface area contributed by atoms with E-state index in [0.29, 0.717) is 0 Å². The van der Waals surface area contributed by atoms with Crippen LogP contribution in [-0.4, -0.2) is 12.3 Å². The summed E-state index contributed by atoms with van der Waals surface area (Å²) in [6.45, 7) is 48.4. The molecule has 12 rings (SSSR count). The Bertz CT molecular complexity index is 3330. The molecule has 4 heteroatoms. The minimum absolute atomic E-state index is 0.00556. The van der Waals surface area contributed by atoms with Gasteiger partial charge in [-0.3, -0.25) is 0 Å². The number of benzene rings is 6. The molecule has 0 bridgehead atoms. The van der Waals surface area contributed by atoms with Crippen molar-refractivity contribution in [3.8, 4) is 0 Å². The van der Waals surface area contributed by atoms with Crippen molar-refractivity contribution in [3.05, 3.63) is 181 Å². The van der Waals surface area contributed by atoms with E-state index in [1.807, 2.05) is 0 Å². The molecular formula is C72H86BN3. The second-order valence-corrected chi connectivity index (χ2v) is 30.0. The number of anilines is 6. The highest BCUT2D eigenvalue weighted by Crippen LogP contribution is 2.66. The first-order valence-corrected chi connectivity index (χ1v) is 29.0. The molecule has 6 aliphatic rings. The summed E-state index contributed by atoms with van der Waals surface area (Å²) in [5, 5.41) is 0. The molecule has 3 aliphatic carbocycles. The molecule has 392 valence electrons. The van der Waals surface area contributed by atoms with Crippen LogP contribution in [0.5, 0.6) is 0 Å². The molecule has 0 amide bonds. The normalized spacial score (nSPS) is 22.1. The van der Waals surface area contributed by atoms with E-state index in [1.54, 1.807) is 0 Å². The van der Waals surface area contributed by atoms with Gasteiger partial charge >= 0.3 is 0 Å². The molecule has 1 fully saturated rings. The maximum absolute atomic E-state index is 2.88. The third-order valence-corrected chi connectivity index (χ3v) is 20.2. The zero-order valence-corrected chi connectivity index (χ0v) is 50.1. The first-order valence-electron chi connectivity index (χ1n) is 29.0. The molecule has 6 aromatic carbocycles. The van der Waals surface area contributed by atoms with E-state index in [9.17, 15) is 0 Å². The van der Waals surface area contributed by atoms with E-state index in [-0.39, 0.29) is 50.2 Å². The Morgan fingerprint density at radius 2 is 0.842 bits per heavy atom. The summed E-state index contributed by atoms with van der Waals surface area (Å²) in [7, 11) is 0. The van der Waals surface area contributed by atoms with E-state index in [0.717, 1.165) is 6.42 Å². The number of allylic oxidation sites excluding steroid dienone is 2. The molecule has 2 unspecified atom stereocenters. The zero-order valence-electron chi connectivity index (χ0n) is 50.1. The summed E-state index contributed by atoms with van der Waals surface area (Å²) in [6, 6.07) is 44.9. The molecule has 0 saturated heterocycles. The highest BCUT2D eigenvalue weighted by molar-refractivity contribution is 6.92. The Labute approximate surface area is 459 Å². The largest absolute Gasteiger partial charge is 0.334 e. The molecule has 3 aliphatic heterocycles. The zero-order chi connectivity index (χ0) is 54.6. The maximum atomic E-state index is 2.88. The van der Waals surface area contributed by atoms with Gasteiger partial charge in [-0.1, -0.05) is 208 Å². The van der Waals surface area contributed by atoms with Crippen molar-refractivity contribution in [2.24, 2.45) is 0 Å². The monoisotopic (exact) mass is 1000 g/mol. The lowest BCUT2D eigenvalue weighted by molar-refractivity contribution is 0.195. The fourth-order valence-corrected chi connectivity index (χ4v) is 15.6. The number of nitrogens with zero attached hydrogens (tertiary/aromatic N) is 3. The van der Waals surface area contributed by atoms with Gasteiger partial charge in [-0.05, 0) is 154 Å². The van der Waals surface area contributed by atoms with Gasteiger partial charge in [0.1, 0.15) is 0 Å². The van der Waals surface area contributed by atoms with Crippen LogP contribution in [0.3, 0.4) is 0 Å². The fourth-order valence-electron chi connectivity index (χ4n) is 15.6. The van der Waals surface area contributed by atoms with Crippen LogP contribution < -0.4 is 20.2 Å². The summed E-state index contributed by atoms with van der Waals surface area (Å²) >= 11 is 0. The average molecular weight is 1000 g/mol. The van der Waals surface area contributed by atoms with Crippen molar-refractivity contribution in [2.75, 3.05) is 14.7 Å². The molecule has 3 nitrogen and oxygen atoms in total. The molecule has 0 radical (unpaired) electrons. The van der Waals surface area contributed by atoms with Gasteiger partial charge in [0.05, 0.1) is 5.54 Å². The van der Waals surface area contributed by atoms with Crippen molar-refractivity contribution in [1.29, 1.82) is 0 Å². The lowest BCUT2D eigenvalue weighted by Crippen LogP contribution is -2.56. The van der Waals surface area contributed by atoms with Crippen LogP contribution in [0.1, 0.15) is 212 Å². The second kappa shape index (κ2) is 15.9. The first kappa shape index (κ1) is 51.0. The summed E-state index contributed by atoms with van der Waals surface area (Å²) in [5.41, 5.74) is 29.5. The molecule has 0 aromatic heterocycles. The number of rotatable bonds is 3. The van der Waals surface area contributed by atoms with Crippen LogP contribution in [0.2, 0.25) is 0 Å². The van der Waals surface area contributed by atoms with Gasteiger partial charge in [-0.25, -0.2) is 0 Å². The standard InChI is InChI=1S/C72H86BN3/c1-43-37-44(2)60-56(38-43)71(19)35-21-22-36-72(71,20)76(60)51-41-57-59-58(42-51)75(50-31-25-46(26-32-50)66(6,7)8)62-53-40-48(68(12,13)14)28-34-55(53)70(17,18)64(62)73(59)63-61(74(57)49-29-23-45(24-30-49)65(3,4)5)52-39-47(67(9,10)11)27-33-54(52)69(63,15)16/h23-34,37-42H,21-22,35-36H2,1-20H3.